The first-order chi connectivity index (χ1) is 8.79. The van der Waals surface area contributed by atoms with Gasteiger partial charge in [0.2, 0.25) is 0 Å². The molecule has 1 heterocycles. The lowest BCUT2D eigenvalue weighted by atomic mass is 9.90. The van der Waals surface area contributed by atoms with Gasteiger partial charge in [-0.2, -0.15) is 0 Å². The molecule has 0 radical (unpaired) electrons. The minimum atomic E-state index is -0.0536. The van der Waals surface area contributed by atoms with Crippen molar-refractivity contribution in [2.75, 3.05) is 25.5 Å². The number of alkyl halides is 1. The average Bonchev–Trinajstić information content (AvgIpc) is 2.41. The quantitative estimate of drug-likeness (QED) is 0.737. The van der Waals surface area contributed by atoms with Crippen LogP contribution in [0.1, 0.15) is 24.8 Å². The molecule has 18 heavy (non-hydrogen) atoms. The van der Waals surface area contributed by atoms with E-state index in [0.717, 1.165) is 43.9 Å². The molecule has 1 saturated heterocycles. The molecular weight excluding hydrogens is 249 g/mol. The van der Waals surface area contributed by atoms with Crippen molar-refractivity contribution in [1.29, 1.82) is 0 Å². The molecule has 0 aliphatic carbocycles. The third-order valence-electron chi connectivity index (χ3n) is 3.78. The molecule has 1 aliphatic heterocycles. The monoisotopic (exact) mass is 269 g/mol. The molecule has 0 saturated carbocycles. The van der Waals surface area contributed by atoms with Crippen molar-refractivity contribution in [3.05, 3.63) is 35.6 Å². The van der Waals surface area contributed by atoms with Crippen LogP contribution in [-0.4, -0.2) is 30.4 Å². The SMILES string of the molecule is Fc1ccccc1CC1CCN(CCCCl)CC1. The van der Waals surface area contributed by atoms with Crippen LogP contribution in [0.3, 0.4) is 0 Å². The molecule has 0 bridgehead atoms. The lowest BCUT2D eigenvalue weighted by Gasteiger charge is -2.31. The zero-order valence-corrected chi connectivity index (χ0v) is 11.5. The van der Waals surface area contributed by atoms with Crippen LogP contribution in [0.25, 0.3) is 0 Å². The van der Waals surface area contributed by atoms with Crippen molar-refractivity contribution < 1.29 is 4.39 Å². The van der Waals surface area contributed by atoms with Crippen molar-refractivity contribution in [1.82, 2.24) is 4.90 Å². The number of piperidine rings is 1. The summed E-state index contributed by atoms with van der Waals surface area (Å²) in [5.41, 5.74) is 0.872. The summed E-state index contributed by atoms with van der Waals surface area (Å²) in [5, 5.41) is 0. The zero-order valence-electron chi connectivity index (χ0n) is 10.7. The van der Waals surface area contributed by atoms with E-state index < -0.39 is 0 Å². The smallest absolute Gasteiger partial charge is 0.126 e. The van der Waals surface area contributed by atoms with Gasteiger partial charge in [0.1, 0.15) is 5.82 Å². The fraction of sp³-hybridized carbons (Fsp3) is 0.600. The van der Waals surface area contributed by atoms with Crippen molar-refractivity contribution >= 4 is 11.6 Å². The number of benzene rings is 1. The molecule has 1 fully saturated rings. The van der Waals surface area contributed by atoms with E-state index in [4.69, 9.17) is 11.6 Å². The van der Waals surface area contributed by atoms with E-state index in [9.17, 15) is 4.39 Å². The number of likely N-dealkylation sites (tertiary alicyclic amines) is 1. The van der Waals surface area contributed by atoms with Gasteiger partial charge in [-0.1, -0.05) is 18.2 Å². The van der Waals surface area contributed by atoms with Gasteiger partial charge in [-0.25, -0.2) is 4.39 Å². The largest absolute Gasteiger partial charge is 0.303 e. The predicted octanol–water partition coefficient (Wildman–Crippen LogP) is 3.71. The molecule has 1 aromatic rings. The second-order valence-corrected chi connectivity index (χ2v) is 5.50. The molecule has 1 nitrogen and oxygen atoms in total. The topological polar surface area (TPSA) is 3.24 Å². The van der Waals surface area contributed by atoms with Gasteiger partial charge < -0.3 is 4.90 Å². The Morgan fingerprint density at radius 3 is 2.61 bits per heavy atom. The lowest BCUT2D eigenvalue weighted by molar-refractivity contribution is 0.184. The van der Waals surface area contributed by atoms with Crippen molar-refractivity contribution in [3.8, 4) is 0 Å². The molecule has 2 rings (SSSR count). The number of nitrogens with zero attached hydrogens (tertiary/aromatic N) is 1. The maximum absolute atomic E-state index is 13.6. The van der Waals surface area contributed by atoms with Gasteiger partial charge in [-0.05, 0) is 62.9 Å². The van der Waals surface area contributed by atoms with E-state index in [1.54, 1.807) is 12.1 Å². The van der Waals surface area contributed by atoms with Crippen LogP contribution >= 0.6 is 11.6 Å². The van der Waals surface area contributed by atoms with Gasteiger partial charge in [0.25, 0.3) is 0 Å². The van der Waals surface area contributed by atoms with Gasteiger partial charge >= 0.3 is 0 Å². The Bertz CT molecular complexity index is 361. The van der Waals surface area contributed by atoms with E-state index in [-0.39, 0.29) is 5.82 Å². The molecule has 0 unspecified atom stereocenters. The van der Waals surface area contributed by atoms with Crippen LogP contribution in [0, 0.1) is 11.7 Å². The fourth-order valence-electron chi connectivity index (χ4n) is 2.67. The highest BCUT2D eigenvalue weighted by Crippen LogP contribution is 2.22. The summed E-state index contributed by atoms with van der Waals surface area (Å²) in [6, 6.07) is 7.15. The molecule has 0 amide bonds. The Balaban J connectivity index is 1.78. The molecule has 0 N–H and O–H groups in total. The highest BCUT2D eigenvalue weighted by Gasteiger charge is 2.19. The lowest BCUT2D eigenvalue weighted by Crippen LogP contribution is -2.35. The highest BCUT2D eigenvalue weighted by atomic mass is 35.5. The summed E-state index contributed by atoms with van der Waals surface area (Å²) in [5.74, 6) is 1.33. The molecule has 100 valence electrons. The van der Waals surface area contributed by atoms with Gasteiger partial charge in [0.05, 0.1) is 0 Å². The van der Waals surface area contributed by atoms with Crippen molar-refractivity contribution in [3.63, 3.8) is 0 Å². The minimum Gasteiger partial charge on any atom is -0.303 e. The number of halogens is 2. The maximum Gasteiger partial charge on any atom is 0.126 e. The van der Waals surface area contributed by atoms with Crippen molar-refractivity contribution in [2.24, 2.45) is 5.92 Å². The summed E-state index contributed by atoms with van der Waals surface area (Å²) >= 11 is 5.71. The molecule has 0 spiro atoms. The maximum atomic E-state index is 13.6. The average molecular weight is 270 g/mol. The van der Waals surface area contributed by atoms with E-state index in [2.05, 4.69) is 4.90 Å². The first-order valence-electron chi connectivity index (χ1n) is 6.81. The molecule has 3 heteroatoms. The normalized spacial score (nSPS) is 18.1. The highest BCUT2D eigenvalue weighted by molar-refractivity contribution is 6.17. The third-order valence-corrected chi connectivity index (χ3v) is 4.05. The summed E-state index contributed by atoms with van der Waals surface area (Å²) < 4.78 is 13.6. The molecule has 1 aliphatic rings. The van der Waals surface area contributed by atoms with Gasteiger partial charge in [-0.15, -0.1) is 11.6 Å². The Labute approximate surface area is 114 Å². The fourth-order valence-corrected chi connectivity index (χ4v) is 2.79. The Kier molecular flexibility index (Phi) is 5.45. The Morgan fingerprint density at radius 2 is 1.94 bits per heavy atom. The van der Waals surface area contributed by atoms with E-state index in [1.165, 1.54) is 12.8 Å². The van der Waals surface area contributed by atoms with Gasteiger partial charge in [-0.3, -0.25) is 0 Å². The van der Waals surface area contributed by atoms with Crippen LogP contribution in [0.2, 0.25) is 0 Å². The molecular formula is C15H21ClFN. The van der Waals surface area contributed by atoms with E-state index in [1.807, 2.05) is 12.1 Å². The first kappa shape index (κ1) is 13.8. The summed E-state index contributed by atoms with van der Waals surface area (Å²) in [4.78, 5) is 2.47. The Morgan fingerprint density at radius 1 is 1.22 bits per heavy atom. The van der Waals surface area contributed by atoms with Crippen molar-refractivity contribution in [2.45, 2.75) is 25.7 Å². The first-order valence-corrected chi connectivity index (χ1v) is 7.35. The van der Waals surface area contributed by atoms with Crippen LogP contribution in [0.5, 0.6) is 0 Å². The van der Waals surface area contributed by atoms with Crippen LogP contribution in [0.15, 0.2) is 24.3 Å². The van der Waals surface area contributed by atoms with E-state index in [0.29, 0.717) is 5.92 Å². The molecule has 0 aromatic heterocycles. The number of hydrogen-bond acceptors (Lipinski definition) is 1. The second kappa shape index (κ2) is 7.10. The van der Waals surface area contributed by atoms with Gasteiger partial charge in [0.15, 0.2) is 0 Å². The molecule has 0 atom stereocenters. The van der Waals surface area contributed by atoms with Crippen LogP contribution in [-0.2, 0) is 6.42 Å². The third kappa shape index (κ3) is 3.96. The number of rotatable bonds is 5. The minimum absolute atomic E-state index is 0.0536. The van der Waals surface area contributed by atoms with E-state index >= 15 is 0 Å². The number of hydrogen-bond donors (Lipinski definition) is 0. The second-order valence-electron chi connectivity index (χ2n) is 5.12. The predicted molar refractivity (Wildman–Crippen MR) is 74.6 cm³/mol. The standard InChI is InChI=1S/C15H21ClFN/c16-8-3-9-18-10-6-13(7-11-18)12-14-4-1-2-5-15(14)17/h1-2,4-5,13H,3,6-12H2. The van der Waals surface area contributed by atoms with Gasteiger partial charge in [0, 0.05) is 5.88 Å². The Hall–Kier alpha value is -0.600. The summed E-state index contributed by atoms with van der Waals surface area (Å²) in [6.45, 7) is 3.38. The summed E-state index contributed by atoms with van der Waals surface area (Å²) in [7, 11) is 0. The zero-order chi connectivity index (χ0) is 12.8. The van der Waals surface area contributed by atoms with Crippen LogP contribution < -0.4 is 0 Å². The van der Waals surface area contributed by atoms with Crippen LogP contribution in [0.4, 0.5) is 4.39 Å². The molecule has 1 aromatic carbocycles. The summed E-state index contributed by atoms with van der Waals surface area (Å²) in [6.07, 6.45) is 4.31.